The van der Waals surface area contributed by atoms with Crippen LogP contribution in [0.1, 0.15) is 1.43 Å². The quantitative estimate of drug-likeness (QED) is 0.340. The van der Waals surface area contributed by atoms with Gasteiger partial charge in [0, 0.05) is 0 Å². The maximum atomic E-state index is 8.74. The Hall–Kier alpha value is 2.45. The van der Waals surface area contributed by atoms with Gasteiger partial charge in [-0.2, -0.15) is 8.42 Å². The van der Waals surface area contributed by atoms with Gasteiger partial charge in [-0.1, -0.05) is 0 Å². The van der Waals surface area contributed by atoms with Crippen LogP contribution in [-0.4, -0.2) is 34.9 Å². The monoisotopic (exact) mass is 262 g/mol. The topological polar surface area (TPSA) is 74.6 Å². The standard InChI is InChI=1S/Al.Cs.H2O4S.4H/c;;1-5(2,3)4;;;;/h;;(H2,1,2,3,4);;;;/q;+1;;;;;-1. The van der Waals surface area contributed by atoms with Crippen LogP contribution in [0.4, 0.5) is 0 Å². The molecule has 0 aliphatic carbocycles. The largest absolute Gasteiger partial charge is 1.00 e. The molecule has 40 valence electrons. The summed E-state index contributed by atoms with van der Waals surface area (Å²) in [7, 11) is -4.67. The van der Waals surface area contributed by atoms with E-state index in [2.05, 4.69) is 0 Å². The molecule has 0 aromatic carbocycles. The first-order valence-corrected chi connectivity index (χ1v) is 2.10. The van der Waals surface area contributed by atoms with E-state index in [4.69, 9.17) is 17.5 Å². The van der Waals surface area contributed by atoms with Crippen LogP contribution in [0.5, 0.6) is 0 Å². The third-order valence-electron chi connectivity index (χ3n) is 0. The van der Waals surface area contributed by atoms with Gasteiger partial charge in [-0.25, -0.2) is 0 Å². The molecular weight excluding hydrogens is 256 g/mol. The van der Waals surface area contributed by atoms with E-state index in [9.17, 15) is 0 Å². The van der Waals surface area contributed by atoms with E-state index >= 15 is 0 Å². The summed E-state index contributed by atoms with van der Waals surface area (Å²) in [5.74, 6) is 0. The molecule has 0 spiro atoms. The van der Waals surface area contributed by atoms with Crippen LogP contribution in [-0.2, 0) is 10.4 Å². The first kappa shape index (κ1) is 16.2. The molecule has 0 aliphatic rings. The van der Waals surface area contributed by atoms with E-state index in [0.717, 1.165) is 0 Å². The van der Waals surface area contributed by atoms with Gasteiger partial charge in [-0.05, 0) is 0 Å². The molecule has 0 bridgehead atoms. The minimum absolute atomic E-state index is 0. The van der Waals surface area contributed by atoms with Crippen molar-refractivity contribution in [3.63, 3.8) is 0 Å². The summed E-state index contributed by atoms with van der Waals surface area (Å²) in [6.07, 6.45) is 0. The maximum Gasteiger partial charge on any atom is 1.00 e. The van der Waals surface area contributed by atoms with Crippen molar-refractivity contribution in [2.75, 3.05) is 0 Å². The van der Waals surface area contributed by atoms with Crippen LogP contribution in [0.15, 0.2) is 0 Å². The molecule has 7 heavy (non-hydrogen) atoms. The molecule has 4 nitrogen and oxygen atoms in total. The Bertz CT molecular complexity index is 99.2. The Morgan fingerprint density at radius 2 is 1.29 bits per heavy atom. The summed E-state index contributed by atoms with van der Waals surface area (Å²) >= 11 is 0. The van der Waals surface area contributed by atoms with E-state index in [1.165, 1.54) is 0 Å². The number of hydrogen-bond acceptors (Lipinski definition) is 2. The van der Waals surface area contributed by atoms with Gasteiger partial charge in [0.05, 0.1) is 0 Å². The van der Waals surface area contributed by atoms with Crippen molar-refractivity contribution in [2.45, 2.75) is 0 Å². The molecule has 0 heterocycles. The molecule has 0 saturated heterocycles. The van der Waals surface area contributed by atoms with Gasteiger partial charge in [0.15, 0.2) is 17.4 Å². The average molecular weight is 262 g/mol. The van der Waals surface area contributed by atoms with Gasteiger partial charge in [-0.15, -0.1) is 0 Å². The molecule has 7 heteroatoms. The zero-order valence-electron chi connectivity index (χ0n) is 4.12. The predicted molar refractivity (Wildman–Crippen MR) is 25.2 cm³/mol. The summed E-state index contributed by atoms with van der Waals surface area (Å²) in [6, 6.07) is 0. The van der Waals surface area contributed by atoms with Crippen LogP contribution in [0.2, 0.25) is 0 Å². The van der Waals surface area contributed by atoms with Gasteiger partial charge in [0.25, 0.3) is 0 Å². The molecule has 0 fully saturated rings. The maximum absolute atomic E-state index is 8.74. The van der Waals surface area contributed by atoms with Crippen molar-refractivity contribution < 1.29 is 87.8 Å². The summed E-state index contributed by atoms with van der Waals surface area (Å²) < 4.78 is 31.6. The van der Waals surface area contributed by atoms with Crippen molar-refractivity contribution >= 4 is 27.8 Å². The van der Waals surface area contributed by atoms with Gasteiger partial charge in [0.1, 0.15) is 0 Å². The SMILES string of the molecule is O=S(=O)(O)O.[AlH3].[Cs+].[H-]. The second-order valence-electron chi connectivity index (χ2n) is 0.448. The molecule has 0 radical (unpaired) electrons. The van der Waals surface area contributed by atoms with Gasteiger partial charge in [0.2, 0.25) is 0 Å². The van der Waals surface area contributed by atoms with Gasteiger partial charge in [-0.3, -0.25) is 9.11 Å². The molecule has 2 N–H and O–H groups in total. The van der Waals surface area contributed by atoms with E-state index in [-0.39, 0.29) is 87.7 Å². The first-order valence-electron chi connectivity index (χ1n) is 0.698. The molecule has 0 aliphatic heterocycles. The van der Waals surface area contributed by atoms with Crippen LogP contribution in [0, 0.1) is 0 Å². The Kier molecular flexibility index (Phi) is 15.2. The van der Waals surface area contributed by atoms with Crippen LogP contribution in [0.25, 0.3) is 0 Å². The molecule has 0 aromatic rings. The summed E-state index contributed by atoms with van der Waals surface area (Å²) in [5.41, 5.74) is 0. The Labute approximate surface area is 113 Å². The summed E-state index contributed by atoms with van der Waals surface area (Å²) in [6.45, 7) is 0. The Balaban J connectivity index is -0.0000000267. The van der Waals surface area contributed by atoms with Crippen molar-refractivity contribution in [3.8, 4) is 0 Å². The summed E-state index contributed by atoms with van der Waals surface area (Å²) in [5, 5.41) is 0. The Morgan fingerprint density at radius 3 is 1.29 bits per heavy atom. The van der Waals surface area contributed by atoms with E-state index in [0.29, 0.717) is 0 Å². The predicted octanol–water partition coefficient (Wildman–Crippen LogP) is -4.72. The minimum Gasteiger partial charge on any atom is -1.00 e. The van der Waals surface area contributed by atoms with E-state index in [1.807, 2.05) is 0 Å². The second kappa shape index (κ2) is 6.57. The van der Waals surface area contributed by atoms with Gasteiger partial charge < -0.3 is 1.43 Å². The first-order chi connectivity index (χ1) is 2.00. The van der Waals surface area contributed by atoms with Crippen LogP contribution in [0.3, 0.4) is 0 Å². The third kappa shape index (κ3) is 58.5. The summed E-state index contributed by atoms with van der Waals surface area (Å²) in [4.78, 5) is 0. The van der Waals surface area contributed by atoms with E-state index < -0.39 is 10.4 Å². The normalized spacial score (nSPS) is 8.29. The third-order valence-corrected chi connectivity index (χ3v) is 0. The molecular formula is H6AlCsO4S. The number of rotatable bonds is 0. The Morgan fingerprint density at radius 1 is 1.29 bits per heavy atom. The fraction of sp³-hybridized carbons (Fsp3) is 0. The zero-order chi connectivity index (χ0) is 4.50. The molecule has 0 rings (SSSR count). The zero-order valence-corrected chi connectivity index (χ0v) is 10.2. The van der Waals surface area contributed by atoms with Crippen molar-refractivity contribution in [3.05, 3.63) is 0 Å². The van der Waals surface area contributed by atoms with Gasteiger partial charge >= 0.3 is 79.3 Å². The molecule has 0 atom stereocenters. The average Bonchev–Trinajstić information content (AvgIpc) is 0.722. The fourth-order valence-corrected chi connectivity index (χ4v) is 0. The van der Waals surface area contributed by atoms with E-state index in [1.54, 1.807) is 0 Å². The van der Waals surface area contributed by atoms with Crippen molar-refractivity contribution in [1.82, 2.24) is 0 Å². The molecule has 0 saturated carbocycles. The smallest absolute Gasteiger partial charge is 1.00 e. The van der Waals surface area contributed by atoms with Crippen LogP contribution < -0.4 is 68.9 Å². The fourth-order valence-electron chi connectivity index (χ4n) is 0. The second-order valence-corrected chi connectivity index (χ2v) is 1.34. The van der Waals surface area contributed by atoms with Crippen molar-refractivity contribution in [1.29, 1.82) is 0 Å². The molecule has 0 unspecified atom stereocenters. The van der Waals surface area contributed by atoms with Crippen LogP contribution >= 0.6 is 0 Å². The molecule has 0 amide bonds. The number of hydrogen-bond donors (Lipinski definition) is 2. The minimum atomic E-state index is -4.67. The molecule has 0 aromatic heterocycles. The van der Waals surface area contributed by atoms with Crippen molar-refractivity contribution in [2.24, 2.45) is 0 Å².